The van der Waals surface area contributed by atoms with Crippen LogP contribution in [0.1, 0.15) is 19.8 Å². The van der Waals surface area contributed by atoms with Crippen molar-refractivity contribution in [3.8, 4) is 0 Å². The van der Waals surface area contributed by atoms with Gasteiger partial charge in [-0.3, -0.25) is 9.59 Å². The van der Waals surface area contributed by atoms with Gasteiger partial charge in [-0.2, -0.15) is 0 Å². The second-order valence-electron chi connectivity index (χ2n) is 3.51. The summed E-state index contributed by atoms with van der Waals surface area (Å²) < 4.78 is 5.14. The number of halogens is 1. The van der Waals surface area contributed by atoms with Gasteiger partial charge >= 0.3 is 5.97 Å². The van der Waals surface area contributed by atoms with Crippen LogP contribution in [0.2, 0.25) is 0 Å². The van der Waals surface area contributed by atoms with Crippen molar-refractivity contribution in [1.82, 2.24) is 0 Å². The SMILES string of the molecule is C[C@]12C(=O)CC[C@H](OC1=O)[C@@H]2I. The van der Waals surface area contributed by atoms with Crippen LogP contribution < -0.4 is 0 Å². The molecule has 3 atom stereocenters. The molecule has 66 valence electrons. The second kappa shape index (κ2) is 2.43. The molecule has 1 aliphatic heterocycles. The zero-order chi connectivity index (χ0) is 8.93. The first-order valence-corrected chi connectivity index (χ1v) is 5.20. The van der Waals surface area contributed by atoms with Gasteiger partial charge in [-0.05, 0) is 13.3 Å². The lowest BCUT2D eigenvalue weighted by Gasteiger charge is -2.27. The predicted octanol–water partition coefficient (Wildman–Crippen LogP) is 1.08. The van der Waals surface area contributed by atoms with Crippen molar-refractivity contribution in [1.29, 1.82) is 0 Å². The number of carbonyl (C=O) groups excluding carboxylic acids is 2. The van der Waals surface area contributed by atoms with Crippen molar-refractivity contribution in [3.05, 3.63) is 0 Å². The minimum atomic E-state index is -0.844. The number of Topliss-reactive ketones (excluding diaryl/α,β-unsaturated/α-hetero) is 1. The second-order valence-corrected chi connectivity index (χ2v) is 4.85. The average molecular weight is 280 g/mol. The van der Waals surface area contributed by atoms with Crippen LogP contribution in [-0.2, 0) is 14.3 Å². The van der Waals surface area contributed by atoms with Crippen molar-refractivity contribution in [2.75, 3.05) is 0 Å². The Hall–Kier alpha value is -0.130. The van der Waals surface area contributed by atoms with E-state index in [1.807, 2.05) is 0 Å². The van der Waals surface area contributed by atoms with E-state index >= 15 is 0 Å². The van der Waals surface area contributed by atoms with Crippen molar-refractivity contribution in [2.24, 2.45) is 5.41 Å². The van der Waals surface area contributed by atoms with E-state index in [0.717, 1.165) is 0 Å². The maximum atomic E-state index is 11.5. The van der Waals surface area contributed by atoms with Gasteiger partial charge in [-0.1, -0.05) is 22.6 Å². The summed E-state index contributed by atoms with van der Waals surface area (Å²) in [7, 11) is 0. The third-order valence-electron chi connectivity index (χ3n) is 2.80. The Morgan fingerprint density at radius 1 is 1.58 bits per heavy atom. The third kappa shape index (κ3) is 0.815. The molecule has 2 fully saturated rings. The van der Waals surface area contributed by atoms with Gasteiger partial charge in [0, 0.05) is 6.42 Å². The number of fused-ring (bicyclic) bond motifs is 2. The number of ether oxygens (including phenoxy) is 1. The van der Waals surface area contributed by atoms with Gasteiger partial charge in [0.25, 0.3) is 0 Å². The van der Waals surface area contributed by atoms with Crippen LogP contribution in [0.5, 0.6) is 0 Å². The van der Waals surface area contributed by atoms with Crippen LogP contribution in [0.3, 0.4) is 0 Å². The van der Waals surface area contributed by atoms with Crippen LogP contribution in [-0.4, -0.2) is 21.8 Å². The topological polar surface area (TPSA) is 43.4 Å². The van der Waals surface area contributed by atoms with Crippen molar-refractivity contribution in [3.63, 3.8) is 0 Å². The molecule has 0 amide bonds. The molecule has 1 saturated heterocycles. The number of rotatable bonds is 0. The van der Waals surface area contributed by atoms with Crippen LogP contribution >= 0.6 is 22.6 Å². The summed E-state index contributed by atoms with van der Waals surface area (Å²) in [5.74, 6) is -0.282. The van der Waals surface area contributed by atoms with Crippen LogP contribution in [0.25, 0.3) is 0 Å². The number of alkyl halides is 1. The zero-order valence-electron chi connectivity index (χ0n) is 6.67. The molecule has 0 radical (unpaired) electrons. The maximum absolute atomic E-state index is 11.5. The largest absolute Gasteiger partial charge is 0.460 e. The molecule has 12 heavy (non-hydrogen) atoms. The van der Waals surface area contributed by atoms with Gasteiger partial charge in [-0.15, -0.1) is 0 Å². The highest BCUT2D eigenvalue weighted by atomic mass is 127. The van der Waals surface area contributed by atoms with Gasteiger partial charge < -0.3 is 4.74 Å². The van der Waals surface area contributed by atoms with Crippen LogP contribution in [0.15, 0.2) is 0 Å². The first kappa shape index (κ1) is 8.47. The lowest BCUT2D eigenvalue weighted by atomic mass is 9.76. The summed E-state index contributed by atoms with van der Waals surface area (Å²) in [5, 5.41) is 0. The van der Waals surface area contributed by atoms with E-state index in [4.69, 9.17) is 4.74 Å². The third-order valence-corrected chi connectivity index (χ3v) is 4.84. The summed E-state index contributed by atoms with van der Waals surface area (Å²) >= 11 is 2.15. The minimum absolute atomic E-state index is 0.0270. The molecule has 0 aromatic heterocycles. The van der Waals surface area contributed by atoms with Gasteiger partial charge in [-0.25, -0.2) is 0 Å². The smallest absolute Gasteiger partial charge is 0.320 e. The number of hydrogen-bond acceptors (Lipinski definition) is 3. The lowest BCUT2D eigenvalue weighted by molar-refractivity contribution is -0.149. The van der Waals surface area contributed by atoms with E-state index in [0.29, 0.717) is 12.8 Å². The molecule has 0 unspecified atom stereocenters. The molecule has 0 spiro atoms. The quantitative estimate of drug-likeness (QED) is 0.289. The summed E-state index contributed by atoms with van der Waals surface area (Å²) in [6.07, 6.45) is 1.17. The van der Waals surface area contributed by atoms with E-state index in [-0.39, 0.29) is 21.8 Å². The Balaban J connectivity index is 2.45. The monoisotopic (exact) mass is 280 g/mol. The summed E-state index contributed by atoms with van der Waals surface area (Å²) in [4.78, 5) is 22.8. The molecule has 1 heterocycles. The lowest BCUT2D eigenvalue weighted by Crippen LogP contribution is -2.43. The molecule has 2 rings (SSSR count). The minimum Gasteiger partial charge on any atom is -0.460 e. The molecule has 2 bridgehead atoms. The van der Waals surface area contributed by atoms with E-state index in [1.54, 1.807) is 6.92 Å². The summed E-state index contributed by atoms with van der Waals surface area (Å²) in [6, 6.07) is 0. The molecule has 2 aliphatic rings. The molecule has 0 aromatic rings. The fourth-order valence-electron chi connectivity index (χ4n) is 1.81. The van der Waals surface area contributed by atoms with E-state index in [2.05, 4.69) is 22.6 Å². The Morgan fingerprint density at radius 2 is 2.25 bits per heavy atom. The molecule has 0 N–H and O–H groups in total. The standard InChI is InChI=1S/C8H9IO3/c1-8-5(10)3-2-4(6(8)9)12-7(8)11/h4,6H,2-3H2,1H3/t4-,6-,8+/m0/s1. The summed E-state index contributed by atoms with van der Waals surface area (Å²) in [6.45, 7) is 1.70. The highest BCUT2D eigenvalue weighted by Gasteiger charge is 2.60. The van der Waals surface area contributed by atoms with Gasteiger partial charge in [0.05, 0.1) is 3.92 Å². The van der Waals surface area contributed by atoms with E-state index < -0.39 is 5.41 Å². The Morgan fingerprint density at radius 3 is 2.83 bits per heavy atom. The predicted molar refractivity (Wildman–Crippen MR) is 50.0 cm³/mol. The van der Waals surface area contributed by atoms with Gasteiger partial charge in [0.1, 0.15) is 11.5 Å². The molecule has 3 nitrogen and oxygen atoms in total. The molecule has 1 aliphatic carbocycles. The normalized spacial score (nSPS) is 46.2. The molecular formula is C8H9IO3. The van der Waals surface area contributed by atoms with E-state index in [1.165, 1.54) is 0 Å². The summed E-state index contributed by atoms with van der Waals surface area (Å²) in [5.41, 5.74) is -0.844. The fourth-order valence-corrected chi connectivity index (χ4v) is 2.92. The van der Waals surface area contributed by atoms with E-state index in [9.17, 15) is 9.59 Å². The Labute approximate surface area is 84.0 Å². The average Bonchev–Trinajstić information content (AvgIpc) is 2.17. The molecule has 0 aromatic carbocycles. The highest BCUT2D eigenvalue weighted by Crippen LogP contribution is 2.46. The Kier molecular flexibility index (Phi) is 1.72. The first-order chi connectivity index (χ1) is 5.56. The zero-order valence-corrected chi connectivity index (χ0v) is 8.83. The van der Waals surface area contributed by atoms with Gasteiger partial charge in [0.2, 0.25) is 0 Å². The van der Waals surface area contributed by atoms with Crippen molar-refractivity contribution < 1.29 is 14.3 Å². The number of esters is 1. The van der Waals surface area contributed by atoms with Gasteiger partial charge in [0.15, 0.2) is 5.78 Å². The van der Waals surface area contributed by atoms with Crippen LogP contribution in [0.4, 0.5) is 0 Å². The molecular weight excluding hydrogens is 271 g/mol. The fraction of sp³-hybridized carbons (Fsp3) is 0.750. The van der Waals surface area contributed by atoms with Crippen molar-refractivity contribution >= 4 is 34.3 Å². The molecule has 4 heteroatoms. The highest BCUT2D eigenvalue weighted by molar-refractivity contribution is 14.1. The first-order valence-electron chi connectivity index (χ1n) is 3.95. The number of ketones is 1. The number of hydrogen-bond donors (Lipinski definition) is 0. The van der Waals surface area contributed by atoms with Crippen molar-refractivity contribution in [2.45, 2.75) is 29.8 Å². The number of carbonyl (C=O) groups is 2. The molecule has 1 saturated carbocycles. The maximum Gasteiger partial charge on any atom is 0.320 e. The van der Waals surface area contributed by atoms with Crippen LogP contribution in [0, 0.1) is 5.41 Å². The Bertz CT molecular complexity index is 253.